The van der Waals surface area contributed by atoms with Gasteiger partial charge in [0.2, 0.25) is 5.91 Å². The van der Waals surface area contributed by atoms with E-state index in [0.717, 1.165) is 30.4 Å². The smallest absolute Gasteiger partial charge is 0.236 e. The number of hydrogen-bond donors (Lipinski definition) is 1. The Balaban J connectivity index is 1.89. The number of amides is 1. The number of nitrogens with one attached hydrogen (secondary N) is 1. The van der Waals surface area contributed by atoms with Crippen LogP contribution in [-0.2, 0) is 11.2 Å². The zero-order valence-corrected chi connectivity index (χ0v) is 12.1. The van der Waals surface area contributed by atoms with Gasteiger partial charge in [-0.2, -0.15) is 0 Å². The molecule has 0 spiro atoms. The van der Waals surface area contributed by atoms with Crippen molar-refractivity contribution in [1.29, 1.82) is 0 Å². The molecular formula is C16H21N3O. The molecule has 1 N–H and O–H groups in total. The molecule has 20 heavy (non-hydrogen) atoms. The van der Waals surface area contributed by atoms with Crippen LogP contribution in [0.25, 0.3) is 10.9 Å². The van der Waals surface area contributed by atoms with Gasteiger partial charge in [0, 0.05) is 25.2 Å². The van der Waals surface area contributed by atoms with Crippen molar-refractivity contribution in [3.8, 4) is 0 Å². The summed E-state index contributed by atoms with van der Waals surface area (Å²) in [6, 6.07) is 10.2. The summed E-state index contributed by atoms with van der Waals surface area (Å²) in [5.41, 5.74) is 2.26. The molecule has 0 saturated carbocycles. The highest BCUT2D eigenvalue weighted by molar-refractivity contribution is 5.81. The Morgan fingerprint density at radius 1 is 1.30 bits per heavy atom. The maximum Gasteiger partial charge on any atom is 0.236 e. The van der Waals surface area contributed by atoms with Gasteiger partial charge >= 0.3 is 0 Å². The van der Waals surface area contributed by atoms with Crippen LogP contribution in [-0.4, -0.2) is 42.5 Å². The van der Waals surface area contributed by atoms with Gasteiger partial charge in [0.05, 0.1) is 12.1 Å². The van der Waals surface area contributed by atoms with Crippen LogP contribution in [0.2, 0.25) is 0 Å². The van der Waals surface area contributed by atoms with E-state index >= 15 is 0 Å². The van der Waals surface area contributed by atoms with Gasteiger partial charge in [-0.25, -0.2) is 0 Å². The van der Waals surface area contributed by atoms with E-state index in [4.69, 9.17) is 0 Å². The van der Waals surface area contributed by atoms with Crippen LogP contribution in [0.15, 0.2) is 36.5 Å². The zero-order valence-electron chi connectivity index (χ0n) is 12.1. The first-order valence-corrected chi connectivity index (χ1v) is 6.99. The van der Waals surface area contributed by atoms with E-state index in [9.17, 15) is 4.79 Å². The number of nitrogens with zero attached hydrogens (tertiary/aromatic N) is 2. The van der Waals surface area contributed by atoms with Crippen molar-refractivity contribution in [2.24, 2.45) is 0 Å². The topological polar surface area (TPSA) is 45.2 Å². The summed E-state index contributed by atoms with van der Waals surface area (Å²) >= 11 is 0. The van der Waals surface area contributed by atoms with Gasteiger partial charge in [-0.3, -0.25) is 9.78 Å². The Bertz CT molecular complexity index is 577. The van der Waals surface area contributed by atoms with E-state index in [2.05, 4.69) is 34.6 Å². The quantitative estimate of drug-likeness (QED) is 0.816. The second-order valence-electron chi connectivity index (χ2n) is 4.83. The molecule has 0 fully saturated rings. The fourth-order valence-electron chi connectivity index (χ4n) is 2.10. The molecule has 0 radical (unpaired) electrons. The second kappa shape index (κ2) is 7.01. The van der Waals surface area contributed by atoms with Gasteiger partial charge in [0.1, 0.15) is 0 Å². The average molecular weight is 271 g/mol. The molecule has 0 aliphatic heterocycles. The van der Waals surface area contributed by atoms with Gasteiger partial charge in [-0.05, 0) is 31.5 Å². The lowest BCUT2D eigenvalue weighted by molar-refractivity contribution is -0.128. The van der Waals surface area contributed by atoms with Gasteiger partial charge in [0.15, 0.2) is 0 Å². The van der Waals surface area contributed by atoms with Crippen LogP contribution in [0, 0.1) is 0 Å². The maximum atomic E-state index is 11.6. The lowest BCUT2D eigenvalue weighted by Gasteiger charge is -2.14. The van der Waals surface area contributed by atoms with Crippen LogP contribution in [0.3, 0.4) is 0 Å². The molecule has 106 valence electrons. The fourth-order valence-corrected chi connectivity index (χ4v) is 2.10. The minimum atomic E-state index is 0.128. The number of aromatic nitrogens is 1. The average Bonchev–Trinajstić information content (AvgIpc) is 2.50. The molecule has 0 bridgehead atoms. The van der Waals surface area contributed by atoms with Crippen LogP contribution >= 0.6 is 0 Å². The normalized spacial score (nSPS) is 10.7. The molecule has 0 unspecified atom stereocenters. The molecule has 1 heterocycles. The first-order valence-electron chi connectivity index (χ1n) is 6.99. The second-order valence-corrected chi connectivity index (χ2v) is 4.83. The molecule has 0 aliphatic rings. The van der Waals surface area contributed by atoms with Gasteiger partial charge in [0.25, 0.3) is 0 Å². The van der Waals surface area contributed by atoms with Crippen LogP contribution < -0.4 is 5.32 Å². The fraction of sp³-hybridized carbons (Fsp3) is 0.375. The summed E-state index contributed by atoms with van der Waals surface area (Å²) in [5, 5.41) is 4.35. The summed E-state index contributed by atoms with van der Waals surface area (Å²) in [6.45, 7) is 3.88. The molecular weight excluding hydrogens is 250 g/mol. The van der Waals surface area contributed by atoms with E-state index in [1.165, 1.54) is 5.56 Å². The summed E-state index contributed by atoms with van der Waals surface area (Å²) in [7, 11) is 1.82. The summed E-state index contributed by atoms with van der Waals surface area (Å²) in [5.74, 6) is 0.128. The standard InChI is InChI=1S/C16H21N3O/c1-3-19(2)15(20)12-17-11-9-14-7-4-6-13-8-5-10-18-16(13)14/h4-8,10,17H,3,9,11-12H2,1-2H3. The van der Waals surface area contributed by atoms with E-state index in [1.54, 1.807) is 4.90 Å². The van der Waals surface area contributed by atoms with Gasteiger partial charge in [-0.1, -0.05) is 24.3 Å². The lowest BCUT2D eigenvalue weighted by atomic mass is 10.1. The van der Waals surface area contributed by atoms with Crippen molar-refractivity contribution < 1.29 is 4.79 Å². The Hall–Kier alpha value is -1.94. The van der Waals surface area contributed by atoms with E-state index in [1.807, 2.05) is 26.2 Å². The molecule has 4 nitrogen and oxygen atoms in total. The number of pyridine rings is 1. The minimum absolute atomic E-state index is 0.128. The number of para-hydroxylation sites is 1. The van der Waals surface area contributed by atoms with Gasteiger partial charge in [-0.15, -0.1) is 0 Å². The Morgan fingerprint density at radius 2 is 2.10 bits per heavy atom. The highest BCUT2D eigenvalue weighted by Gasteiger charge is 2.06. The van der Waals surface area contributed by atoms with E-state index in [-0.39, 0.29) is 5.91 Å². The number of benzene rings is 1. The van der Waals surface area contributed by atoms with E-state index < -0.39 is 0 Å². The van der Waals surface area contributed by atoms with Crippen LogP contribution in [0.1, 0.15) is 12.5 Å². The molecule has 2 rings (SSSR count). The Labute approximate surface area is 119 Å². The van der Waals surface area contributed by atoms with Crippen LogP contribution in [0.4, 0.5) is 0 Å². The number of fused-ring (bicyclic) bond motifs is 1. The summed E-state index contributed by atoms with van der Waals surface area (Å²) in [4.78, 5) is 17.8. The largest absolute Gasteiger partial charge is 0.345 e. The molecule has 0 saturated heterocycles. The van der Waals surface area contributed by atoms with Crippen molar-refractivity contribution in [3.05, 3.63) is 42.1 Å². The lowest BCUT2D eigenvalue weighted by Crippen LogP contribution is -2.36. The number of likely N-dealkylation sites (N-methyl/N-ethyl adjacent to an activating group) is 1. The highest BCUT2D eigenvalue weighted by Crippen LogP contribution is 2.15. The summed E-state index contributed by atoms with van der Waals surface area (Å²) in [6.07, 6.45) is 2.69. The van der Waals surface area contributed by atoms with Crippen molar-refractivity contribution in [2.45, 2.75) is 13.3 Å². The van der Waals surface area contributed by atoms with Crippen LogP contribution in [0.5, 0.6) is 0 Å². The molecule has 1 amide bonds. The van der Waals surface area contributed by atoms with E-state index in [0.29, 0.717) is 6.54 Å². The first-order chi connectivity index (χ1) is 9.72. The van der Waals surface area contributed by atoms with Crippen molar-refractivity contribution in [1.82, 2.24) is 15.2 Å². The van der Waals surface area contributed by atoms with Gasteiger partial charge < -0.3 is 10.2 Å². The van der Waals surface area contributed by atoms with Crippen molar-refractivity contribution in [2.75, 3.05) is 26.7 Å². The molecule has 4 heteroatoms. The Morgan fingerprint density at radius 3 is 2.90 bits per heavy atom. The molecule has 1 aromatic heterocycles. The molecule has 0 atom stereocenters. The third kappa shape index (κ3) is 3.54. The monoisotopic (exact) mass is 271 g/mol. The number of hydrogen-bond acceptors (Lipinski definition) is 3. The zero-order chi connectivity index (χ0) is 14.4. The SMILES string of the molecule is CCN(C)C(=O)CNCCc1cccc2cccnc12. The minimum Gasteiger partial charge on any atom is -0.345 e. The first kappa shape index (κ1) is 14.5. The summed E-state index contributed by atoms with van der Waals surface area (Å²) < 4.78 is 0. The molecule has 0 aliphatic carbocycles. The predicted molar refractivity (Wildman–Crippen MR) is 81.6 cm³/mol. The number of rotatable bonds is 6. The third-order valence-electron chi connectivity index (χ3n) is 3.46. The molecule has 1 aromatic carbocycles. The number of carbonyl (C=O) groups is 1. The Kier molecular flexibility index (Phi) is 5.07. The predicted octanol–water partition coefficient (Wildman–Crippen LogP) is 1.85. The third-order valence-corrected chi connectivity index (χ3v) is 3.46. The van der Waals surface area contributed by atoms with Crippen molar-refractivity contribution in [3.63, 3.8) is 0 Å². The number of carbonyl (C=O) groups excluding carboxylic acids is 1. The molecule has 2 aromatic rings. The van der Waals surface area contributed by atoms with Crippen molar-refractivity contribution >= 4 is 16.8 Å². The highest BCUT2D eigenvalue weighted by atomic mass is 16.2. The maximum absolute atomic E-state index is 11.6.